The van der Waals surface area contributed by atoms with Crippen LogP contribution in [0.15, 0.2) is 16.8 Å². The number of nitrogens with one attached hydrogen (secondary N) is 2. The van der Waals surface area contributed by atoms with E-state index in [0.717, 1.165) is 23.6 Å². The lowest BCUT2D eigenvalue weighted by Crippen LogP contribution is -2.22. The van der Waals surface area contributed by atoms with Crippen LogP contribution in [0.25, 0.3) is 0 Å². The molecule has 0 radical (unpaired) electrons. The van der Waals surface area contributed by atoms with Gasteiger partial charge in [0.2, 0.25) is 0 Å². The molecule has 1 atom stereocenters. The van der Waals surface area contributed by atoms with Crippen molar-refractivity contribution in [3.05, 3.63) is 33.8 Å². The molecule has 2 heterocycles. The van der Waals surface area contributed by atoms with E-state index in [9.17, 15) is 0 Å². The molecule has 0 aromatic carbocycles. The summed E-state index contributed by atoms with van der Waals surface area (Å²) >= 11 is 1.72. The summed E-state index contributed by atoms with van der Waals surface area (Å²) in [4.78, 5) is 9.08. The molecule has 1 unspecified atom stereocenters. The van der Waals surface area contributed by atoms with Crippen molar-refractivity contribution in [2.24, 2.45) is 5.84 Å². The molecule has 0 bridgehead atoms. The quantitative estimate of drug-likeness (QED) is 0.564. The Hall–Kier alpha value is -1.66. The van der Waals surface area contributed by atoms with Crippen molar-refractivity contribution in [1.82, 2.24) is 9.97 Å². The van der Waals surface area contributed by atoms with E-state index >= 15 is 0 Å². The van der Waals surface area contributed by atoms with Gasteiger partial charge in [0.1, 0.15) is 17.5 Å². The van der Waals surface area contributed by atoms with Gasteiger partial charge in [-0.1, -0.05) is 13.8 Å². The fourth-order valence-electron chi connectivity index (χ4n) is 2.12. The molecule has 5 nitrogen and oxygen atoms in total. The van der Waals surface area contributed by atoms with E-state index in [-0.39, 0.29) is 5.92 Å². The Bertz CT molecular complexity index is 580. The Balaban J connectivity index is 2.19. The molecule has 2 rings (SSSR count). The van der Waals surface area contributed by atoms with Gasteiger partial charge in [0.15, 0.2) is 0 Å². The van der Waals surface area contributed by atoms with Crippen LogP contribution in [0, 0.1) is 6.92 Å². The van der Waals surface area contributed by atoms with Gasteiger partial charge in [-0.05, 0) is 42.7 Å². The predicted molar refractivity (Wildman–Crippen MR) is 89.8 cm³/mol. The van der Waals surface area contributed by atoms with Gasteiger partial charge in [0.25, 0.3) is 0 Å². The SMILES string of the molecule is Cc1c(NN)nc(C(C)C)nc1NC(C)Cc1ccsc1. The van der Waals surface area contributed by atoms with Crippen LogP contribution in [0.3, 0.4) is 0 Å². The van der Waals surface area contributed by atoms with Gasteiger partial charge in [-0.15, -0.1) is 0 Å². The third kappa shape index (κ3) is 3.92. The zero-order chi connectivity index (χ0) is 15.4. The molecule has 2 aromatic heterocycles. The summed E-state index contributed by atoms with van der Waals surface area (Å²) in [6.07, 6.45) is 0.968. The zero-order valence-electron chi connectivity index (χ0n) is 13.0. The first-order chi connectivity index (χ1) is 10.0. The van der Waals surface area contributed by atoms with Crippen molar-refractivity contribution >= 4 is 23.0 Å². The highest BCUT2D eigenvalue weighted by atomic mass is 32.1. The van der Waals surface area contributed by atoms with Gasteiger partial charge in [-0.25, -0.2) is 15.8 Å². The number of nitrogen functional groups attached to an aromatic ring is 1. The maximum atomic E-state index is 5.56. The summed E-state index contributed by atoms with van der Waals surface area (Å²) < 4.78 is 0. The van der Waals surface area contributed by atoms with Crippen LogP contribution >= 0.6 is 11.3 Å². The highest BCUT2D eigenvalue weighted by molar-refractivity contribution is 7.07. The first-order valence-electron chi connectivity index (χ1n) is 7.14. The molecular formula is C15H23N5S. The van der Waals surface area contributed by atoms with E-state index in [1.165, 1.54) is 5.56 Å². The lowest BCUT2D eigenvalue weighted by Gasteiger charge is -2.19. The number of nitrogens with two attached hydrogens (primary N) is 1. The van der Waals surface area contributed by atoms with E-state index in [1.807, 2.05) is 6.92 Å². The zero-order valence-corrected chi connectivity index (χ0v) is 13.8. The molecular weight excluding hydrogens is 282 g/mol. The molecule has 6 heteroatoms. The third-order valence-corrected chi connectivity index (χ3v) is 4.05. The van der Waals surface area contributed by atoms with E-state index in [1.54, 1.807) is 11.3 Å². The fourth-order valence-corrected chi connectivity index (χ4v) is 2.80. The average molecular weight is 305 g/mol. The van der Waals surface area contributed by atoms with Crippen LogP contribution in [-0.4, -0.2) is 16.0 Å². The molecule has 0 fully saturated rings. The summed E-state index contributed by atoms with van der Waals surface area (Å²) in [6, 6.07) is 2.45. The number of hydrazine groups is 1. The van der Waals surface area contributed by atoms with Crippen LogP contribution in [0.4, 0.5) is 11.6 Å². The number of rotatable bonds is 6. The minimum absolute atomic E-state index is 0.255. The third-order valence-electron chi connectivity index (χ3n) is 3.32. The fraction of sp³-hybridized carbons (Fsp3) is 0.467. The Labute approximate surface area is 130 Å². The lowest BCUT2D eigenvalue weighted by molar-refractivity contribution is 0.752. The standard InChI is InChI=1S/C15H23N5S/c1-9(2)13-18-14(11(4)15(19-13)20-16)17-10(3)7-12-5-6-21-8-12/h5-6,8-10H,7,16H2,1-4H3,(H2,17,18,19,20). The van der Waals surface area contributed by atoms with E-state index in [2.05, 4.69) is 58.3 Å². The molecule has 21 heavy (non-hydrogen) atoms. The van der Waals surface area contributed by atoms with Gasteiger partial charge in [-0.3, -0.25) is 0 Å². The highest BCUT2D eigenvalue weighted by Crippen LogP contribution is 2.23. The minimum Gasteiger partial charge on any atom is -0.367 e. The first-order valence-corrected chi connectivity index (χ1v) is 8.08. The van der Waals surface area contributed by atoms with Gasteiger partial charge < -0.3 is 10.7 Å². The summed E-state index contributed by atoms with van der Waals surface area (Å²) in [5.41, 5.74) is 4.94. The lowest BCUT2D eigenvalue weighted by atomic mass is 10.1. The van der Waals surface area contributed by atoms with Gasteiger partial charge in [0, 0.05) is 17.5 Å². The Morgan fingerprint density at radius 1 is 1.24 bits per heavy atom. The van der Waals surface area contributed by atoms with E-state index in [4.69, 9.17) is 5.84 Å². The van der Waals surface area contributed by atoms with Gasteiger partial charge in [0.05, 0.1) is 0 Å². The Morgan fingerprint density at radius 3 is 2.52 bits per heavy atom. The van der Waals surface area contributed by atoms with Crippen molar-refractivity contribution in [2.75, 3.05) is 10.7 Å². The van der Waals surface area contributed by atoms with Crippen molar-refractivity contribution in [3.8, 4) is 0 Å². The van der Waals surface area contributed by atoms with Crippen molar-refractivity contribution < 1.29 is 0 Å². The number of hydrogen-bond donors (Lipinski definition) is 3. The molecule has 0 aliphatic heterocycles. The van der Waals surface area contributed by atoms with E-state index in [0.29, 0.717) is 11.9 Å². The number of nitrogens with zero attached hydrogens (tertiary/aromatic N) is 2. The summed E-state index contributed by atoms with van der Waals surface area (Å²) in [5, 5.41) is 7.76. The molecule has 0 saturated heterocycles. The number of hydrogen-bond acceptors (Lipinski definition) is 6. The molecule has 0 aliphatic rings. The van der Waals surface area contributed by atoms with Crippen molar-refractivity contribution in [3.63, 3.8) is 0 Å². The van der Waals surface area contributed by atoms with Crippen molar-refractivity contribution in [2.45, 2.75) is 46.1 Å². The van der Waals surface area contributed by atoms with E-state index < -0.39 is 0 Å². The maximum Gasteiger partial charge on any atom is 0.148 e. The second kappa shape index (κ2) is 6.87. The van der Waals surface area contributed by atoms with Crippen LogP contribution < -0.4 is 16.6 Å². The number of anilines is 2. The second-order valence-electron chi connectivity index (χ2n) is 5.58. The molecule has 0 aliphatic carbocycles. The Kier molecular flexibility index (Phi) is 5.14. The maximum absolute atomic E-state index is 5.56. The summed E-state index contributed by atoms with van der Waals surface area (Å²) in [5.74, 6) is 8.14. The molecule has 114 valence electrons. The molecule has 0 spiro atoms. The molecule has 0 saturated carbocycles. The van der Waals surface area contributed by atoms with Crippen LogP contribution in [0.2, 0.25) is 0 Å². The minimum atomic E-state index is 0.255. The number of thiophene rings is 1. The van der Waals surface area contributed by atoms with Crippen LogP contribution in [0.5, 0.6) is 0 Å². The monoisotopic (exact) mass is 305 g/mol. The summed E-state index contributed by atoms with van der Waals surface area (Å²) in [7, 11) is 0. The topological polar surface area (TPSA) is 75.9 Å². The van der Waals surface area contributed by atoms with Crippen molar-refractivity contribution in [1.29, 1.82) is 0 Å². The first kappa shape index (κ1) is 15.7. The number of aromatic nitrogens is 2. The largest absolute Gasteiger partial charge is 0.367 e. The molecule has 4 N–H and O–H groups in total. The normalized spacial score (nSPS) is 12.5. The Morgan fingerprint density at radius 2 is 1.95 bits per heavy atom. The highest BCUT2D eigenvalue weighted by Gasteiger charge is 2.14. The van der Waals surface area contributed by atoms with Crippen LogP contribution in [-0.2, 0) is 6.42 Å². The van der Waals surface area contributed by atoms with Gasteiger partial charge >= 0.3 is 0 Å². The summed E-state index contributed by atoms with van der Waals surface area (Å²) in [6.45, 7) is 8.27. The molecule has 2 aromatic rings. The molecule has 0 amide bonds. The predicted octanol–water partition coefficient (Wildman–Crippen LogP) is 3.30. The van der Waals surface area contributed by atoms with Crippen LogP contribution in [0.1, 0.15) is 43.6 Å². The van der Waals surface area contributed by atoms with Gasteiger partial charge in [-0.2, -0.15) is 11.3 Å². The smallest absolute Gasteiger partial charge is 0.148 e. The average Bonchev–Trinajstić information content (AvgIpc) is 2.93. The second-order valence-corrected chi connectivity index (χ2v) is 6.36.